The molecule has 2 aliphatic rings. The third-order valence-electron chi connectivity index (χ3n) is 30.3. The van der Waals surface area contributed by atoms with Crippen molar-refractivity contribution in [1.29, 1.82) is 0 Å². The number of para-hydroxylation sites is 2. The fourth-order valence-electron chi connectivity index (χ4n) is 23.6. The van der Waals surface area contributed by atoms with Gasteiger partial charge in [-0.25, -0.2) is 0 Å². The maximum Gasteiger partial charge on any atom is 0.135 e. The molecule has 2 aromatic heterocycles. The van der Waals surface area contributed by atoms with Crippen LogP contribution in [0.3, 0.4) is 0 Å². The molecule has 2 heterocycles. The number of anilines is 6. The second kappa shape index (κ2) is 38.0. The first-order valence-electron chi connectivity index (χ1n) is 50.3. The summed E-state index contributed by atoms with van der Waals surface area (Å²) < 4.78 is 12.5. The largest absolute Gasteiger partial charge is 0.456 e. The summed E-state index contributed by atoms with van der Waals surface area (Å²) in [6.07, 6.45) is 0. The Morgan fingerprint density at radius 2 is 0.419 bits per heavy atom. The first-order valence-corrected chi connectivity index (χ1v) is 50.3. The Morgan fingerprint density at radius 3 is 0.858 bits per heavy atom. The normalized spacial score (nSPS) is 12.3. The van der Waals surface area contributed by atoms with Gasteiger partial charge in [0.1, 0.15) is 22.3 Å². The molecular weight excluding hydrogens is 1790 g/mol. The zero-order valence-electron chi connectivity index (χ0n) is 80.0. The highest BCUT2D eigenvalue weighted by Crippen LogP contribution is 2.61. The van der Waals surface area contributed by atoms with Crippen LogP contribution < -0.4 is 9.80 Å². The summed E-state index contributed by atoms with van der Waals surface area (Å²) in [4.78, 5) is 4.81. The number of nitrogens with zero attached hydrogens (tertiary/aromatic N) is 2. The van der Waals surface area contributed by atoms with Crippen LogP contribution in [-0.2, 0) is 10.8 Å². The molecule has 0 unspecified atom stereocenters. The van der Waals surface area contributed by atoms with Gasteiger partial charge >= 0.3 is 0 Å². The topological polar surface area (TPSA) is 32.8 Å². The van der Waals surface area contributed by atoms with Crippen LogP contribution >= 0.6 is 0 Å². The van der Waals surface area contributed by atoms with Crippen molar-refractivity contribution >= 4 is 99.5 Å². The van der Waals surface area contributed by atoms with Gasteiger partial charge in [-0.05, 0) is 293 Å². The van der Waals surface area contributed by atoms with Crippen LogP contribution in [0.25, 0.3) is 177 Å². The quantitative estimate of drug-likeness (QED) is 0.0857. The zero-order chi connectivity index (χ0) is 96.6. The minimum atomic E-state index is -0.488. The second-order valence-corrected chi connectivity index (χ2v) is 38.3. The maximum atomic E-state index is 6.25. The lowest BCUT2D eigenvalue weighted by molar-refractivity contribution is 0.668. The van der Waals surface area contributed by atoms with E-state index in [0.29, 0.717) is 0 Å². The molecule has 0 N–H and O–H groups in total. The Kier molecular flexibility index (Phi) is 23.2. The lowest BCUT2D eigenvalue weighted by Crippen LogP contribution is -2.28. The van der Waals surface area contributed by atoms with E-state index in [1.165, 1.54) is 133 Å². The van der Waals surface area contributed by atoms with E-state index in [-0.39, 0.29) is 14.9 Å². The van der Waals surface area contributed by atoms with Gasteiger partial charge in [0.2, 0.25) is 0 Å². The van der Waals surface area contributed by atoms with E-state index < -0.39 is 10.8 Å². The molecule has 0 bridgehead atoms. The van der Waals surface area contributed by atoms with Crippen molar-refractivity contribution in [2.24, 2.45) is 0 Å². The molecule has 0 spiro atoms. The summed E-state index contributed by atoms with van der Waals surface area (Å²) >= 11 is 0. The van der Waals surface area contributed by atoms with Gasteiger partial charge in [-0.1, -0.05) is 470 Å². The number of hydrogen-bond donors (Lipinski definition) is 0. The average Bonchev–Trinajstić information content (AvgIpc) is 1.53. The van der Waals surface area contributed by atoms with E-state index >= 15 is 0 Å². The van der Waals surface area contributed by atoms with E-state index in [2.05, 4.69) is 556 Å². The third kappa shape index (κ3) is 15.6. The molecule has 26 aromatic rings. The third-order valence-corrected chi connectivity index (χ3v) is 30.3. The van der Waals surface area contributed by atoms with Crippen molar-refractivity contribution in [3.05, 3.63) is 615 Å². The number of furan rings is 2. The van der Waals surface area contributed by atoms with Crippen molar-refractivity contribution < 1.29 is 8.83 Å². The Balaban J connectivity index is 0.000000152. The highest BCUT2D eigenvalue weighted by atomic mass is 16.3. The van der Waals surface area contributed by atoms with Crippen molar-refractivity contribution in [2.75, 3.05) is 9.80 Å². The molecule has 28 rings (SSSR count). The number of rotatable bonds is 18. The smallest absolute Gasteiger partial charge is 0.135 e. The molecule has 0 atom stereocenters. The molecule has 0 fully saturated rings. The molecule has 24 aromatic carbocycles. The highest BCUT2D eigenvalue weighted by Gasteiger charge is 2.49. The Labute approximate surface area is 863 Å². The van der Waals surface area contributed by atoms with E-state index in [9.17, 15) is 0 Å². The van der Waals surface area contributed by atoms with Crippen LogP contribution in [0.1, 0.15) is 59.4 Å². The minimum absolute atomic E-state index is 0. The molecule has 0 saturated heterocycles. The summed E-state index contributed by atoms with van der Waals surface area (Å²) in [5.41, 5.74) is 43.1. The van der Waals surface area contributed by atoms with Crippen molar-refractivity contribution in [1.82, 2.24) is 0 Å². The molecule has 4 heteroatoms. The molecule has 0 saturated carbocycles. The van der Waals surface area contributed by atoms with E-state index in [4.69, 9.17) is 8.83 Å². The Bertz CT molecular complexity index is 9380. The highest BCUT2D eigenvalue weighted by molar-refractivity contribution is 6.09. The monoisotopic (exact) mass is 1890 g/mol. The standard InChI is InChI=1S/2C71H47NO.2CH4/c1-3-21-55(22-4-1)71(56-23-5-2-6-24-56)66-32-11-9-29-64(66)70-62(31-16-33-67(70)71)54-20-14-26-59(46-54)72(58-25-13-19-52(45-58)53-41-44-69-65(47-53)63-28-10-12-34-68(63)73-69)57-42-39-49(40-43-57)48-35-37-51(38-36-48)61-30-15-18-50-17-7-8-27-60(50)61;1-3-20-57(21-4-1)71(58-22-5-2-6-23-58)66-29-11-9-27-64(66)70-62(28-15-30-67(70)71)56-19-14-25-61(46-56)72(60-24-13-18-53(45-60)55-40-43-69-65(47-55)63-26-10-12-31-68(63)73-69)59-41-38-50(39-42-59)49-32-34-51(35-33-49)54-37-36-48-16-7-8-17-52(48)44-54;;/h2*1-47H;2*1H4. The molecule has 0 aliphatic heterocycles. The van der Waals surface area contributed by atoms with Crippen molar-refractivity contribution in [2.45, 2.75) is 25.7 Å². The summed E-state index contributed by atoms with van der Waals surface area (Å²) in [5.74, 6) is 0. The van der Waals surface area contributed by atoms with Gasteiger partial charge in [0.15, 0.2) is 0 Å². The SMILES string of the molecule is C.C.c1ccc(C2(c3ccccc3)c3ccccc3-c3c(-c4cccc(N(c5ccc(-c6ccc(-c7ccc8ccccc8c7)cc6)cc5)c5cccc(-c6ccc7oc8ccccc8c7c6)c5)c4)cccc32)cc1.c1ccc(C2(c3ccccc3)c3ccccc3-c3c(-c4cccc(N(c5ccc(-c6ccc(-c7cccc8ccccc78)cc6)cc5)c5cccc(-c6ccc7oc8ccccc8c7c6)c5)c4)cccc32)cc1. The van der Waals surface area contributed by atoms with E-state index in [1.807, 2.05) is 24.3 Å². The maximum absolute atomic E-state index is 6.25. The van der Waals surface area contributed by atoms with Crippen LogP contribution in [-0.4, -0.2) is 0 Å². The fraction of sp³-hybridized carbons (Fsp3) is 0.0278. The number of benzene rings is 24. The van der Waals surface area contributed by atoms with Gasteiger partial charge < -0.3 is 18.6 Å². The summed E-state index contributed by atoms with van der Waals surface area (Å²) in [5, 5.41) is 9.49. The first kappa shape index (κ1) is 90.3. The summed E-state index contributed by atoms with van der Waals surface area (Å²) in [7, 11) is 0. The molecule has 0 radical (unpaired) electrons. The zero-order valence-corrected chi connectivity index (χ0v) is 80.0. The molecule has 2 aliphatic carbocycles. The molecular formula is C144H102N2O2. The Hall–Kier alpha value is -19.0. The van der Waals surface area contributed by atoms with Crippen LogP contribution in [0, 0.1) is 0 Å². The molecule has 4 nitrogen and oxygen atoms in total. The van der Waals surface area contributed by atoms with Gasteiger partial charge in [-0.2, -0.15) is 0 Å². The molecule has 148 heavy (non-hydrogen) atoms. The summed E-state index contributed by atoms with van der Waals surface area (Å²) in [6.45, 7) is 0. The van der Waals surface area contributed by atoms with Gasteiger partial charge in [-0.15, -0.1) is 0 Å². The fourth-order valence-corrected chi connectivity index (χ4v) is 23.6. The van der Waals surface area contributed by atoms with Gasteiger partial charge in [0, 0.05) is 55.7 Å². The summed E-state index contributed by atoms with van der Waals surface area (Å²) in [6, 6.07) is 208. The van der Waals surface area contributed by atoms with E-state index in [0.717, 1.165) is 123 Å². The van der Waals surface area contributed by atoms with Crippen LogP contribution in [0.4, 0.5) is 34.1 Å². The minimum Gasteiger partial charge on any atom is -0.456 e. The van der Waals surface area contributed by atoms with Crippen molar-refractivity contribution in [3.63, 3.8) is 0 Å². The van der Waals surface area contributed by atoms with Crippen LogP contribution in [0.5, 0.6) is 0 Å². The second-order valence-electron chi connectivity index (χ2n) is 38.3. The molecule has 700 valence electrons. The van der Waals surface area contributed by atoms with Gasteiger partial charge in [0.05, 0.1) is 10.8 Å². The van der Waals surface area contributed by atoms with Gasteiger partial charge in [0.25, 0.3) is 0 Å². The number of fused-ring (bicyclic) bond motifs is 14. The van der Waals surface area contributed by atoms with E-state index in [1.54, 1.807) is 0 Å². The lowest BCUT2D eigenvalue weighted by atomic mass is 9.67. The predicted octanol–water partition coefficient (Wildman–Crippen LogP) is 39.8. The van der Waals surface area contributed by atoms with Crippen LogP contribution in [0.2, 0.25) is 0 Å². The number of hydrogen-bond acceptors (Lipinski definition) is 4. The first-order chi connectivity index (χ1) is 72.4. The average molecular weight is 1890 g/mol. The lowest BCUT2D eigenvalue weighted by Gasteiger charge is -2.34. The predicted molar refractivity (Wildman–Crippen MR) is 623 cm³/mol. The Morgan fingerprint density at radius 1 is 0.142 bits per heavy atom. The van der Waals surface area contributed by atoms with Gasteiger partial charge in [-0.3, -0.25) is 0 Å². The molecule has 0 amide bonds. The van der Waals surface area contributed by atoms with Crippen LogP contribution in [0.15, 0.2) is 579 Å². The van der Waals surface area contributed by atoms with Crippen molar-refractivity contribution in [3.8, 4) is 111 Å².